The van der Waals surface area contributed by atoms with Crippen LogP contribution in [-0.2, 0) is 6.18 Å². The predicted octanol–water partition coefficient (Wildman–Crippen LogP) is 6.13. The molecule has 0 saturated carbocycles. The largest absolute Gasteiger partial charge is 0.416 e. The fourth-order valence-electron chi connectivity index (χ4n) is 3.33. The van der Waals surface area contributed by atoms with Crippen LogP contribution in [0.5, 0.6) is 0 Å². The summed E-state index contributed by atoms with van der Waals surface area (Å²) in [5.41, 5.74) is 1.11. The maximum absolute atomic E-state index is 13.0. The van der Waals surface area contributed by atoms with Crippen molar-refractivity contribution in [1.82, 2.24) is 0 Å². The van der Waals surface area contributed by atoms with Crippen molar-refractivity contribution < 1.29 is 13.2 Å². The molecule has 4 aromatic rings. The molecule has 0 radical (unpaired) electrons. The minimum absolute atomic E-state index is 0.632. The van der Waals surface area contributed by atoms with E-state index in [9.17, 15) is 13.2 Å². The first-order chi connectivity index (χ1) is 14.0. The molecule has 0 nitrogen and oxygen atoms in total. The van der Waals surface area contributed by atoms with E-state index in [0.29, 0.717) is 0 Å². The fourth-order valence-corrected chi connectivity index (χ4v) is 5.81. The molecule has 29 heavy (non-hydrogen) atoms. The van der Waals surface area contributed by atoms with Crippen molar-refractivity contribution >= 4 is 23.8 Å². The normalized spacial score (nSPS) is 11.6. The van der Waals surface area contributed by atoms with E-state index in [4.69, 9.17) is 0 Å². The molecule has 0 spiro atoms. The smallest absolute Gasteiger partial charge is 0.166 e. The standard InChI is InChI=1S/C25H18F3P/c26-25(27,28)20-17-15-19(16-18-20)23-13-7-8-14-24(23)29(21-9-3-1-4-10-21)22-11-5-2-6-12-22/h1-18H. The Bertz CT molecular complexity index is 1030. The summed E-state index contributed by atoms with van der Waals surface area (Å²) in [7, 11) is -0.843. The zero-order valence-electron chi connectivity index (χ0n) is 15.5. The van der Waals surface area contributed by atoms with E-state index in [1.807, 2.05) is 54.6 Å². The Balaban J connectivity index is 1.86. The topological polar surface area (TPSA) is 0 Å². The predicted molar refractivity (Wildman–Crippen MR) is 116 cm³/mol. The molecule has 0 aliphatic carbocycles. The molecule has 0 aliphatic rings. The van der Waals surface area contributed by atoms with E-state index in [2.05, 4.69) is 30.3 Å². The Hall–Kier alpha value is -2.90. The van der Waals surface area contributed by atoms with Gasteiger partial charge in [-0.15, -0.1) is 0 Å². The van der Waals surface area contributed by atoms with Gasteiger partial charge >= 0.3 is 6.18 Å². The van der Waals surface area contributed by atoms with Crippen LogP contribution in [0.25, 0.3) is 11.1 Å². The lowest BCUT2D eigenvalue weighted by Crippen LogP contribution is -2.22. The van der Waals surface area contributed by atoms with Crippen LogP contribution >= 0.6 is 7.92 Å². The van der Waals surface area contributed by atoms with Crippen LogP contribution in [0.3, 0.4) is 0 Å². The molecule has 0 N–H and O–H groups in total. The SMILES string of the molecule is FC(F)(F)c1ccc(-c2ccccc2P(c2ccccc2)c2ccccc2)cc1. The summed E-state index contributed by atoms with van der Waals surface area (Å²) in [5.74, 6) is 0. The van der Waals surface area contributed by atoms with Gasteiger partial charge in [-0.25, -0.2) is 0 Å². The number of benzene rings is 4. The van der Waals surface area contributed by atoms with Crippen LogP contribution in [0.1, 0.15) is 5.56 Å². The Morgan fingerprint density at radius 3 is 1.52 bits per heavy atom. The van der Waals surface area contributed by atoms with Crippen LogP contribution in [0.15, 0.2) is 109 Å². The number of hydrogen-bond acceptors (Lipinski definition) is 0. The van der Waals surface area contributed by atoms with Crippen molar-refractivity contribution in [3.8, 4) is 11.1 Å². The van der Waals surface area contributed by atoms with Gasteiger partial charge in [-0.05, 0) is 47.1 Å². The van der Waals surface area contributed by atoms with Crippen LogP contribution in [0.2, 0.25) is 0 Å². The fraction of sp³-hybridized carbons (Fsp3) is 0.0400. The molecule has 144 valence electrons. The summed E-state index contributed by atoms with van der Waals surface area (Å²) in [6.07, 6.45) is -4.33. The van der Waals surface area contributed by atoms with Gasteiger partial charge in [0.1, 0.15) is 0 Å². The van der Waals surface area contributed by atoms with Crippen molar-refractivity contribution in [3.05, 3.63) is 115 Å². The summed E-state index contributed by atoms with van der Waals surface area (Å²) in [4.78, 5) is 0. The summed E-state index contributed by atoms with van der Waals surface area (Å²) in [5, 5.41) is 3.53. The highest BCUT2D eigenvalue weighted by atomic mass is 31.1. The van der Waals surface area contributed by atoms with Crippen LogP contribution in [-0.4, -0.2) is 0 Å². The maximum atomic E-state index is 13.0. The van der Waals surface area contributed by atoms with E-state index >= 15 is 0 Å². The van der Waals surface area contributed by atoms with Crippen molar-refractivity contribution in [2.24, 2.45) is 0 Å². The lowest BCUT2D eigenvalue weighted by atomic mass is 10.0. The van der Waals surface area contributed by atoms with Crippen LogP contribution < -0.4 is 15.9 Å². The number of rotatable bonds is 4. The molecule has 4 aromatic carbocycles. The van der Waals surface area contributed by atoms with E-state index in [1.54, 1.807) is 12.1 Å². The lowest BCUT2D eigenvalue weighted by Gasteiger charge is -2.22. The zero-order chi connectivity index (χ0) is 20.3. The van der Waals surface area contributed by atoms with Gasteiger partial charge in [0, 0.05) is 0 Å². The molecule has 4 rings (SSSR count). The van der Waals surface area contributed by atoms with Gasteiger partial charge in [0.2, 0.25) is 0 Å². The second-order valence-corrected chi connectivity index (χ2v) is 8.78. The summed E-state index contributed by atoms with van der Waals surface area (Å²) >= 11 is 0. The van der Waals surface area contributed by atoms with E-state index in [1.165, 1.54) is 10.6 Å². The summed E-state index contributed by atoms with van der Waals surface area (Å²) in [6.45, 7) is 0. The van der Waals surface area contributed by atoms with Gasteiger partial charge in [0.25, 0.3) is 0 Å². The molecule has 0 atom stereocenters. The number of hydrogen-bond donors (Lipinski definition) is 0. The molecule has 0 unspecified atom stereocenters. The van der Waals surface area contributed by atoms with Gasteiger partial charge in [-0.2, -0.15) is 13.2 Å². The molecule has 0 bridgehead atoms. The van der Waals surface area contributed by atoms with Crippen molar-refractivity contribution in [2.45, 2.75) is 6.18 Å². The van der Waals surface area contributed by atoms with E-state index < -0.39 is 19.7 Å². The molecule has 0 saturated heterocycles. The van der Waals surface area contributed by atoms with Crippen molar-refractivity contribution in [2.75, 3.05) is 0 Å². The Morgan fingerprint density at radius 1 is 0.517 bits per heavy atom. The lowest BCUT2D eigenvalue weighted by molar-refractivity contribution is -0.137. The third-order valence-electron chi connectivity index (χ3n) is 4.70. The van der Waals surface area contributed by atoms with Crippen molar-refractivity contribution in [3.63, 3.8) is 0 Å². The second kappa shape index (κ2) is 8.23. The number of alkyl halides is 3. The second-order valence-electron chi connectivity index (χ2n) is 6.60. The van der Waals surface area contributed by atoms with Crippen molar-refractivity contribution in [1.29, 1.82) is 0 Å². The Kier molecular flexibility index (Phi) is 5.51. The summed E-state index contributed by atoms with van der Waals surface area (Å²) < 4.78 is 38.9. The molecule has 0 amide bonds. The monoisotopic (exact) mass is 406 g/mol. The average molecular weight is 406 g/mol. The number of halogens is 3. The minimum Gasteiger partial charge on any atom is -0.166 e. The van der Waals surface area contributed by atoms with Gasteiger partial charge < -0.3 is 0 Å². The molecule has 4 heteroatoms. The molecular weight excluding hydrogens is 388 g/mol. The first-order valence-electron chi connectivity index (χ1n) is 9.21. The zero-order valence-corrected chi connectivity index (χ0v) is 16.4. The Labute approximate surface area is 169 Å². The first kappa shape index (κ1) is 19.4. The highest BCUT2D eigenvalue weighted by Gasteiger charge is 2.30. The third-order valence-corrected chi connectivity index (χ3v) is 7.20. The molecular formula is C25H18F3P. The van der Waals surface area contributed by atoms with Gasteiger partial charge in [0.15, 0.2) is 0 Å². The molecule has 0 aliphatic heterocycles. The molecule has 0 fully saturated rings. The highest BCUT2D eigenvalue weighted by Crippen LogP contribution is 2.37. The van der Waals surface area contributed by atoms with E-state index in [-0.39, 0.29) is 0 Å². The van der Waals surface area contributed by atoms with Crippen LogP contribution in [0.4, 0.5) is 13.2 Å². The highest BCUT2D eigenvalue weighted by molar-refractivity contribution is 7.80. The minimum atomic E-state index is -4.33. The average Bonchev–Trinajstić information content (AvgIpc) is 2.75. The molecule has 0 heterocycles. The third kappa shape index (κ3) is 4.26. The Morgan fingerprint density at radius 2 is 1.00 bits per heavy atom. The van der Waals surface area contributed by atoms with Gasteiger partial charge in [-0.1, -0.05) is 97.1 Å². The molecule has 0 aromatic heterocycles. The first-order valence-corrected chi connectivity index (χ1v) is 10.5. The quantitative estimate of drug-likeness (QED) is 0.358. The van der Waals surface area contributed by atoms with Gasteiger partial charge in [0.05, 0.1) is 5.56 Å². The van der Waals surface area contributed by atoms with Crippen LogP contribution in [0, 0.1) is 0 Å². The van der Waals surface area contributed by atoms with E-state index in [0.717, 1.165) is 28.6 Å². The summed E-state index contributed by atoms with van der Waals surface area (Å²) in [6, 6.07) is 33.9. The van der Waals surface area contributed by atoms with Gasteiger partial charge in [-0.3, -0.25) is 0 Å². The maximum Gasteiger partial charge on any atom is 0.416 e.